The lowest BCUT2D eigenvalue weighted by atomic mass is 9.73. The highest BCUT2D eigenvalue weighted by molar-refractivity contribution is 6.09. The van der Waals surface area contributed by atoms with E-state index in [4.69, 9.17) is 14.7 Å². The lowest BCUT2D eigenvalue weighted by Gasteiger charge is -2.48. The van der Waals surface area contributed by atoms with Crippen molar-refractivity contribution < 1.29 is 18.7 Å². The number of nitrogens with zero attached hydrogens (tertiary/aromatic N) is 7. The fraction of sp³-hybridized carbons (Fsp3) is 0.513. The molecular formula is C39H47FN8O3. The van der Waals surface area contributed by atoms with Gasteiger partial charge in [-0.25, -0.2) is 14.4 Å². The summed E-state index contributed by atoms with van der Waals surface area (Å²) in [6.07, 6.45) is 10.9. The number of carbonyl (C=O) groups is 2. The number of benzene rings is 1. The Kier molecular flexibility index (Phi) is 8.78. The minimum atomic E-state index is -0.684. The Hall–Kier alpha value is -4.42. The van der Waals surface area contributed by atoms with Gasteiger partial charge >= 0.3 is 0 Å². The van der Waals surface area contributed by atoms with E-state index in [1.807, 2.05) is 21.6 Å². The molecule has 4 aromatic rings. The number of aromatic nitrogens is 4. The van der Waals surface area contributed by atoms with Crippen LogP contribution in [0.2, 0.25) is 0 Å². The Labute approximate surface area is 298 Å². The number of rotatable bonds is 8. The minimum absolute atomic E-state index is 0.0361. The Balaban J connectivity index is 1.17. The summed E-state index contributed by atoms with van der Waals surface area (Å²) < 4.78 is 22.2. The SMILES string of the molecule is CO[C@H](C)C(=O)N1CCC2(CC1)C(=O)N([C@H]1C[C@@H](N3CCCCC3)C1)c1cc(-c3cc4ncn(C(C)C)c4c(Nc4ccncc4F)n3)ccc12. The van der Waals surface area contributed by atoms with Crippen molar-refractivity contribution in [1.29, 1.82) is 0 Å². The Bertz CT molecular complexity index is 1960. The number of carbonyl (C=O) groups excluding carboxylic acids is 2. The van der Waals surface area contributed by atoms with Crippen LogP contribution in [0.3, 0.4) is 0 Å². The van der Waals surface area contributed by atoms with Crippen molar-refractivity contribution >= 4 is 40.0 Å². The van der Waals surface area contributed by atoms with E-state index in [0.29, 0.717) is 43.5 Å². The lowest BCUT2D eigenvalue weighted by Crippen LogP contribution is -2.58. The number of amides is 2. The number of ether oxygens (including phenoxy) is 1. The third-order valence-electron chi connectivity index (χ3n) is 11.8. The fourth-order valence-corrected chi connectivity index (χ4v) is 8.70. The van der Waals surface area contributed by atoms with Gasteiger partial charge in [0.2, 0.25) is 5.91 Å². The van der Waals surface area contributed by atoms with Gasteiger partial charge in [-0.05, 0) is 96.1 Å². The van der Waals surface area contributed by atoms with Crippen LogP contribution in [-0.2, 0) is 19.7 Å². The van der Waals surface area contributed by atoms with E-state index < -0.39 is 17.3 Å². The molecule has 12 heteroatoms. The number of anilines is 3. The molecule has 1 spiro atoms. The molecule has 11 nitrogen and oxygen atoms in total. The third kappa shape index (κ3) is 5.76. The van der Waals surface area contributed by atoms with Crippen LogP contribution in [0.5, 0.6) is 0 Å². The van der Waals surface area contributed by atoms with Crippen LogP contribution < -0.4 is 10.2 Å². The predicted molar refractivity (Wildman–Crippen MR) is 195 cm³/mol. The van der Waals surface area contributed by atoms with E-state index >= 15 is 0 Å². The second-order valence-electron chi connectivity index (χ2n) is 15.0. The van der Waals surface area contributed by atoms with Crippen LogP contribution in [0.15, 0.2) is 49.1 Å². The molecule has 1 atom stereocenters. The summed E-state index contributed by atoms with van der Waals surface area (Å²) in [6, 6.07) is 10.6. The van der Waals surface area contributed by atoms with Crippen LogP contribution >= 0.6 is 0 Å². The van der Waals surface area contributed by atoms with Crippen molar-refractivity contribution in [1.82, 2.24) is 29.3 Å². The molecule has 3 fully saturated rings. The van der Waals surface area contributed by atoms with E-state index in [0.717, 1.165) is 53.8 Å². The first-order chi connectivity index (χ1) is 24.7. The van der Waals surface area contributed by atoms with Crippen LogP contribution in [0.1, 0.15) is 77.3 Å². The maximum Gasteiger partial charge on any atom is 0.251 e. The van der Waals surface area contributed by atoms with E-state index in [1.54, 1.807) is 32.6 Å². The zero-order valence-electron chi connectivity index (χ0n) is 29.9. The highest BCUT2D eigenvalue weighted by Gasteiger charge is 2.56. The molecule has 3 aliphatic heterocycles. The monoisotopic (exact) mass is 694 g/mol. The van der Waals surface area contributed by atoms with Gasteiger partial charge in [-0.2, -0.15) is 0 Å². The largest absolute Gasteiger partial charge is 0.372 e. The lowest BCUT2D eigenvalue weighted by molar-refractivity contribution is -0.144. The van der Waals surface area contributed by atoms with Gasteiger partial charge < -0.3 is 29.3 Å². The van der Waals surface area contributed by atoms with E-state index in [9.17, 15) is 14.0 Å². The maximum absolute atomic E-state index is 14.8. The van der Waals surface area contributed by atoms with Gasteiger partial charge in [-0.3, -0.25) is 14.6 Å². The summed E-state index contributed by atoms with van der Waals surface area (Å²) in [6.45, 7) is 9.21. The first-order valence-corrected chi connectivity index (χ1v) is 18.5. The third-order valence-corrected chi connectivity index (χ3v) is 11.8. The zero-order valence-corrected chi connectivity index (χ0v) is 29.9. The molecule has 4 aliphatic rings. The maximum atomic E-state index is 14.8. The standard InChI is InChI=1S/C39H47FN8O3/c1-24(2)47-23-42-33-21-32(44-36(35(33)47)43-31-10-13-41-22-30(31)40)26-8-9-29-34(18-26)48(28-19-27(20-28)45-14-6-5-7-15-45)38(50)39(29)11-16-46(17-12-39)37(49)25(3)51-4/h8-10,13,18,21-25,27-28H,5-7,11-12,14-17,19-20H2,1-4H3,(H,41,43,44)/t25-,27-,28+/m1/s1. The van der Waals surface area contributed by atoms with Crippen molar-refractivity contribution in [2.24, 2.45) is 0 Å². The number of halogens is 1. The fourth-order valence-electron chi connectivity index (χ4n) is 8.70. The van der Waals surface area contributed by atoms with Gasteiger partial charge in [0.05, 0.1) is 34.8 Å². The topological polar surface area (TPSA) is 109 Å². The van der Waals surface area contributed by atoms with Gasteiger partial charge in [0, 0.05) is 55.8 Å². The molecular weight excluding hydrogens is 647 g/mol. The van der Waals surface area contributed by atoms with Crippen LogP contribution in [-0.4, -0.2) is 92.6 Å². The quantitative estimate of drug-likeness (QED) is 0.232. The molecule has 1 aromatic carbocycles. The second-order valence-corrected chi connectivity index (χ2v) is 15.0. The van der Waals surface area contributed by atoms with Gasteiger partial charge in [0.1, 0.15) is 11.6 Å². The highest BCUT2D eigenvalue weighted by atomic mass is 19.1. The van der Waals surface area contributed by atoms with Crippen molar-refractivity contribution in [3.63, 3.8) is 0 Å². The smallest absolute Gasteiger partial charge is 0.251 e. The normalized spacial score (nSPS) is 22.4. The van der Waals surface area contributed by atoms with Crippen LogP contribution in [0.4, 0.5) is 21.6 Å². The van der Waals surface area contributed by atoms with E-state index in [1.165, 1.54) is 25.5 Å². The molecule has 0 bridgehead atoms. The number of pyridine rings is 2. The molecule has 1 N–H and O–H groups in total. The molecule has 268 valence electrons. The van der Waals surface area contributed by atoms with Crippen molar-refractivity contribution in [2.45, 2.75) is 95.4 Å². The zero-order chi connectivity index (χ0) is 35.4. The Morgan fingerprint density at radius 1 is 1.02 bits per heavy atom. The highest BCUT2D eigenvalue weighted by Crippen LogP contribution is 2.52. The Morgan fingerprint density at radius 3 is 2.49 bits per heavy atom. The molecule has 6 heterocycles. The number of methoxy groups -OCH3 is 1. The van der Waals surface area contributed by atoms with Gasteiger partial charge in [0.25, 0.3) is 5.91 Å². The average molecular weight is 695 g/mol. The molecule has 0 radical (unpaired) electrons. The molecule has 2 saturated heterocycles. The number of imidazole rings is 1. The molecule has 8 rings (SSSR count). The van der Waals surface area contributed by atoms with E-state index in [2.05, 4.69) is 46.1 Å². The number of hydrogen-bond acceptors (Lipinski definition) is 8. The minimum Gasteiger partial charge on any atom is -0.372 e. The molecule has 51 heavy (non-hydrogen) atoms. The molecule has 3 aromatic heterocycles. The van der Waals surface area contributed by atoms with Crippen molar-refractivity contribution in [3.05, 3.63) is 60.4 Å². The van der Waals surface area contributed by atoms with E-state index in [-0.39, 0.29) is 29.6 Å². The summed E-state index contributed by atoms with van der Waals surface area (Å²) in [7, 11) is 1.55. The summed E-state index contributed by atoms with van der Waals surface area (Å²) in [4.78, 5) is 48.1. The number of piperidine rings is 2. The molecule has 2 amide bonds. The average Bonchev–Trinajstić information content (AvgIpc) is 3.66. The number of nitrogens with one attached hydrogen (secondary N) is 1. The Morgan fingerprint density at radius 2 is 1.78 bits per heavy atom. The summed E-state index contributed by atoms with van der Waals surface area (Å²) in [5, 5.41) is 3.22. The van der Waals surface area contributed by atoms with Crippen LogP contribution in [0.25, 0.3) is 22.3 Å². The summed E-state index contributed by atoms with van der Waals surface area (Å²) >= 11 is 0. The van der Waals surface area contributed by atoms with Gasteiger partial charge in [-0.1, -0.05) is 18.6 Å². The number of fused-ring (bicyclic) bond motifs is 3. The number of likely N-dealkylation sites (tertiary alicyclic amines) is 2. The summed E-state index contributed by atoms with van der Waals surface area (Å²) in [5.41, 5.74) is 4.62. The second kappa shape index (κ2) is 13.3. The van der Waals surface area contributed by atoms with Crippen LogP contribution in [0, 0.1) is 5.82 Å². The van der Waals surface area contributed by atoms with Gasteiger partial charge in [-0.15, -0.1) is 0 Å². The van der Waals surface area contributed by atoms with Gasteiger partial charge in [0.15, 0.2) is 11.6 Å². The first kappa shape index (κ1) is 33.7. The summed E-state index contributed by atoms with van der Waals surface area (Å²) in [5.74, 6) is 0.136. The van der Waals surface area contributed by atoms with Crippen molar-refractivity contribution in [2.75, 3.05) is 43.5 Å². The molecule has 0 unspecified atom stereocenters. The molecule has 1 aliphatic carbocycles. The first-order valence-electron chi connectivity index (χ1n) is 18.5. The molecule has 1 saturated carbocycles. The number of hydrogen-bond donors (Lipinski definition) is 1. The predicted octanol–water partition coefficient (Wildman–Crippen LogP) is 6.22. The van der Waals surface area contributed by atoms with Crippen molar-refractivity contribution in [3.8, 4) is 11.3 Å².